The monoisotopic (exact) mass is 392 g/mol. The van der Waals surface area contributed by atoms with Crippen LogP contribution in [0.1, 0.15) is 66.2 Å². The minimum absolute atomic E-state index is 0.0412. The Morgan fingerprint density at radius 1 is 1.19 bits per heavy atom. The summed E-state index contributed by atoms with van der Waals surface area (Å²) in [6.45, 7) is 6.31. The fourth-order valence-corrected chi connectivity index (χ4v) is 4.61. The van der Waals surface area contributed by atoms with Crippen molar-refractivity contribution in [1.82, 2.24) is 4.90 Å². The van der Waals surface area contributed by atoms with Crippen LogP contribution in [-0.4, -0.2) is 41.9 Å². The molecular formula is C20H28N2O4S. The Kier molecular flexibility index (Phi) is 6.19. The number of ether oxygens (including phenoxy) is 1. The van der Waals surface area contributed by atoms with Gasteiger partial charge in [-0.25, -0.2) is 4.79 Å². The van der Waals surface area contributed by atoms with E-state index in [4.69, 9.17) is 4.74 Å². The van der Waals surface area contributed by atoms with Crippen LogP contribution in [0.3, 0.4) is 0 Å². The molecule has 1 aromatic rings. The molecule has 1 aliphatic carbocycles. The standard InChI is InChI=1S/C20H28N2O4S/c1-4-15-7-5-6-10-22(15)16(23)11-26-20(25)17-12(2)13(3)27-19(17)21-18(24)14-8-9-14/h14-15H,4-11H2,1-3H3,(H,21,24)/t15-/m0/s1. The number of esters is 1. The smallest absolute Gasteiger partial charge is 0.341 e. The van der Waals surface area contributed by atoms with Crippen LogP contribution in [0.5, 0.6) is 0 Å². The molecule has 0 bridgehead atoms. The fraction of sp³-hybridized carbons (Fsp3) is 0.650. The normalized spacial score (nSPS) is 19.7. The van der Waals surface area contributed by atoms with Crippen molar-refractivity contribution < 1.29 is 19.1 Å². The number of anilines is 1. The van der Waals surface area contributed by atoms with Gasteiger partial charge >= 0.3 is 5.97 Å². The van der Waals surface area contributed by atoms with Crippen molar-refractivity contribution in [3.05, 3.63) is 16.0 Å². The summed E-state index contributed by atoms with van der Waals surface area (Å²) < 4.78 is 5.35. The molecule has 1 aliphatic heterocycles. The largest absolute Gasteiger partial charge is 0.452 e. The van der Waals surface area contributed by atoms with Gasteiger partial charge in [0, 0.05) is 23.4 Å². The summed E-state index contributed by atoms with van der Waals surface area (Å²) in [6.07, 6.45) is 5.86. The molecule has 1 aromatic heterocycles. The summed E-state index contributed by atoms with van der Waals surface area (Å²) in [4.78, 5) is 40.1. The first-order valence-corrected chi connectivity index (χ1v) is 10.6. The summed E-state index contributed by atoms with van der Waals surface area (Å²) >= 11 is 1.38. The van der Waals surface area contributed by atoms with Crippen molar-refractivity contribution in [1.29, 1.82) is 0 Å². The number of likely N-dealkylation sites (tertiary alicyclic amines) is 1. The van der Waals surface area contributed by atoms with Crippen molar-refractivity contribution in [2.45, 2.75) is 65.3 Å². The molecule has 0 spiro atoms. The van der Waals surface area contributed by atoms with Gasteiger partial charge in [-0.2, -0.15) is 0 Å². The zero-order valence-electron chi connectivity index (χ0n) is 16.3. The second-order valence-corrected chi connectivity index (χ2v) is 8.70. The van der Waals surface area contributed by atoms with Gasteiger partial charge in [0.1, 0.15) is 5.00 Å². The second-order valence-electron chi connectivity index (χ2n) is 7.47. The van der Waals surface area contributed by atoms with E-state index in [1.807, 2.05) is 18.7 Å². The molecule has 0 radical (unpaired) electrons. The lowest BCUT2D eigenvalue weighted by atomic mass is 10.00. The Hall–Kier alpha value is -1.89. The van der Waals surface area contributed by atoms with Crippen molar-refractivity contribution >= 4 is 34.1 Å². The number of piperidine rings is 1. The summed E-state index contributed by atoms with van der Waals surface area (Å²) in [7, 11) is 0. The van der Waals surface area contributed by atoms with E-state index in [-0.39, 0.29) is 30.4 Å². The minimum Gasteiger partial charge on any atom is -0.452 e. The predicted octanol–water partition coefficient (Wildman–Crippen LogP) is 3.66. The molecule has 148 valence electrons. The first-order valence-electron chi connectivity index (χ1n) is 9.79. The molecular weight excluding hydrogens is 364 g/mol. The van der Waals surface area contributed by atoms with Crippen molar-refractivity contribution in [2.24, 2.45) is 5.92 Å². The summed E-state index contributed by atoms with van der Waals surface area (Å²) in [5.41, 5.74) is 1.18. The average Bonchev–Trinajstić information content (AvgIpc) is 3.47. The molecule has 0 unspecified atom stereocenters. The second kappa shape index (κ2) is 8.42. The lowest BCUT2D eigenvalue weighted by molar-refractivity contribution is -0.138. The molecule has 2 aliphatic rings. The number of carbonyl (C=O) groups excluding carboxylic acids is 3. The third kappa shape index (κ3) is 4.51. The topological polar surface area (TPSA) is 75.7 Å². The zero-order valence-corrected chi connectivity index (χ0v) is 17.1. The molecule has 2 heterocycles. The molecule has 27 heavy (non-hydrogen) atoms. The van der Waals surface area contributed by atoms with Crippen LogP contribution >= 0.6 is 11.3 Å². The lowest BCUT2D eigenvalue weighted by Gasteiger charge is -2.35. The minimum atomic E-state index is -0.540. The van der Waals surface area contributed by atoms with Crippen LogP contribution in [0.25, 0.3) is 0 Å². The average molecular weight is 393 g/mol. The van der Waals surface area contributed by atoms with Crippen LogP contribution < -0.4 is 5.32 Å². The molecule has 7 heteroatoms. The Morgan fingerprint density at radius 2 is 1.93 bits per heavy atom. The van der Waals surface area contributed by atoms with E-state index in [1.165, 1.54) is 11.3 Å². The Morgan fingerprint density at radius 3 is 2.59 bits per heavy atom. The van der Waals surface area contributed by atoms with Gasteiger partial charge in [0.2, 0.25) is 5.91 Å². The predicted molar refractivity (Wildman–Crippen MR) is 105 cm³/mol. The van der Waals surface area contributed by atoms with Gasteiger partial charge < -0.3 is 15.0 Å². The number of thiophene rings is 1. The quantitative estimate of drug-likeness (QED) is 0.750. The van der Waals surface area contributed by atoms with Gasteiger partial charge in [0.15, 0.2) is 6.61 Å². The Balaban J connectivity index is 1.65. The van der Waals surface area contributed by atoms with Crippen LogP contribution in [0.4, 0.5) is 5.00 Å². The number of amides is 2. The first kappa shape index (κ1) is 19.9. The highest BCUT2D eigenvalue weighted by molar-refractivity contribution is 7.16. The van der Waals surface area contributed by atoms with Crippen LogP contribution in [0.15, 0.2) is 0 Å². The highest BCUT2D eigenvalue weighted by Crippen LogP contribution is 2.36. The summed E-state index contributed by atoms with van der Waals surface area (Å²) in [6, 6.07) is 0.239. The number of nitrogens with one attached hydrogen (secondary N) is 1. The van der Waals surface area contributed by atoms with Crippen LogP contribution in [0.2, 0.25) is 0 Å². The van der Waals surface area contributed by atoms with Crippen molar-refractivity contribution in [2.75, 3.05) is 18.5 Å². The molecule has 1 N–H and O–H groups in total. The third-order valence-electron chi connectivity index (χ3n) is 5.52. The first-order chi connectivity index (χ1) is 12.9. The van der Waals surface area contributed by atoms with Crippen molar-refractivity contribution in [3.63, 3.8) is 0 Å². The highest BCUT2D eigenvalue weighted by Gasteiger charge is 2.32. The number of rotatable bonds is 6. The molecule has 1 atom stereocenters. The fourth-order valence-electron chi connectivity index (χ4n) is 3.56. The number of hydrogen-bond donors (Lipinski definition) is 1. The number of aryl methyl sites for hydroxylation is 1. The SMILES string of the molecule is CC[C@H]1CCCCN1C(=O)COC(=O)c1c(NC(=O)C2CC2)sc(C)c1C. The lowest BCUT2D eigenvalue weighted by Crippen LogP contribution is -2.45. The maximum absolute atomic E-state index is 12.7. The Bertz CT molecular complexity index is 739. The molecule has 1 saturated heterocycles. The van der Waals surface area contributed by atoms with E-state index in [0.717, 1.165) is 55.5 Å². The van der Waals surface area contributed by atoms with Gasteiger partial charge in [0.25, 0.3) is 5.91 Å². The van der Waals surface area contributed by atoms with E-state index < -0.39 is 5.97 Å². The number of carbonyl (C=O) groups is 3. The van der Waals surface area contributed by atoms with Crippen LogP contribution in [0, 0.1) is 19.8 Å². The maximum atomic E-state index is 12.7. The molecule has 2 fully saturated rings. The van der Waals surface area contributed by atoms with E-state index in [1.54, 1.807) is 0 Å². The molecule has 2 amide bonds. The van der Waals surface area contributed by atoms with E-state index in [0.29, 0.717) is 10.6 Å². The van der Waals surface area contributed by atoms with E-state index in [2.05, 4.69) is 12.2 Å². The zero-order chi connectivity index (χ0) is 19.6. The van der Waals surface area contributed by atoms with Gasteiger partial charge in [-0.05, 0) is 57.9 Å². The third-order valence-corrected chi connectivity index (χ3v) is 6.64. The molecule has 1 saturated carbocycles. The summed E-state index contributed by atoms with van der Waals surface area (Å²) in [5.74, 6) is -0.659. The number of hydrogen-bond acceptors (Lipinski definition) is 5. The molecule has 3 rings (SSSR count). The molecule has 6 nitrogen and oxygen atoms in total. The molecule has 0 aromatic carbocycles. The van der Waals surface area contributed by atoms with Crippen LogP contribution in [-0.2, 0) is 14.3 Å². The Labute approximate surface area is 164 Å². The van der Waals surface area contributed by atoms with Gasteiger partial charge in [-0.1, -0.05) is 6.92 Å². The van der Waals surface area contributed by atoms with E-state index in [9.17, 15) is 14.4 Å². The van der Waals surface area contributed by atoms with E-state index >= 15 is 0 Å². The van der Waals surface area contributed by atoms with Gasteiger partial charge in [-0.15, -0.1) is 11.3 Å². The van der Waals surface area contributed by atoms with Gasteiger partial charge in [-0.3, -0.25) is 9.59 Å². The van der Waals surface area contributed by atoms with Gasteiger partial charge in [0.05, 0.1) is 5.56 Å². The number of nitrogens with zero attached hydrogens (tertiary/aromatic N) is 1. The highest BCUT2D eigenvalue weighted by atomic mass is 32.1. The summed E-state index contributed by atoms with van der Waals surface area (Å²) in [5, 5.41) is 3.40. The van der Waals surface area contributed by atoms with Crippen molar-refractivity contribution in [3.8, 4) is 0 Å². The maximum Gasteiger partial charge on any atom is 0.341 e.